The van der Waals surface area contributed by atoms with Crippen LogP contribution in [0.25, 0.3) is 10.1 Å². The lowest BCUT2D eigenvalue weighted by atomic mass is 10.0. The molecule has 4 rings (SSSR count). The van der Waals surface area contributed by atoms with Crippen LogP contribution >= 0.6 is 22.9 Å². The van der Waals surface area contributed by atoms with E-state index in [-0.39, 0.29) is 22.9 Å². The van der Waals surface area contributed by atoms with E-state index in [2.05, 4.69) is 5.32 Å². The average Bonchev–Trinajstić information content (AvgIpc) is 3.30. The molecular formula is C22H18ClF3N2O2S. The normalized spacial score (nSPS) is 15.5. The number of hydrogen-bond acceptors (Lipinski definition) is 3. The summed E-state index contributed by atoms with van der Waals surface area (Å²) >= 11 is 7.61. The van der Waals surface area contributed by atoms with Crippen LogP contribution in [0.4, 0.5) is 13.2 Å². The fraction of sp³-hybridized carbons (Fsp3) is 0.273. The van der Waals surface area contributed by atoms with Crippen LogP contribution in [0, 0.1) is 0 Å². The minimum Gasteiger partial charge on any atom is -0.343 e. The lowest BCUT2D eigenvalue weighted by Gasteiger charge is -2.25. The van der Waals surface area contributed by atoms with Gasteiger partial charge in [-0.15, -0.1) is 11.3 Å². The van der Waals surface area contributed by atoms with Crippen LogP contribution in [0.5, 0.6) is 0 Å². The van der Waals surface area contributed by atoms with Crippen LogP contribution in [-0.2, 0) is 11.0 Å². The molecule has 0 bridgehead atoms. The Hall–Kier alpha value is -2.58. The first-order chi connectivity index (χ1) is 14.7. The van der Waals surface area contributed by atoms with Gasteiger partial charge < -0.3 is 10.2 Å². The van der Waals surface area contributed by atoms with E-state index in [1.165, 1.54) is 23.5 Å². The third kappa shape index (κ3) is 4.55. The number of nitrogens with one attached hydrogen (secondary N) is 1. The number of nitrogens with zero attached hydrogens (tertiary/aromatic N) is 1. The Morgan fingerprint density at radius 3 is 2.65 bits per heavy atom. The predicted octanol–water partition coefficient (Wildman–Crippen LogP) is 5.67. The predicted molar refractivity (Wildman–Crippen MR) is 114 cm³/mol. The molecule has 1 unspecified atom stereocenters. The van der Waals surface area contributed by atoms with E-state index in [9.17, 15) is 22.8 Å². The highest BCUT2D eigenvalue weighted by Gasteiger charge is 2.32. The van der Waals surface area contributed by atoms with Gasteiger partial charge in [-0.3, -0.25) is 9.59 Å². The molecule has 1 fully saturated rings. The van der Waals surface area contributed by atoms with Gasteiger partial charge in [0.15, 0.2) is 0 Å². The maximum atomic E-state index is 13.2. The van der Waals surface area contributed by atoms with E-state index in [4.69, 9.17) is 11.6 Å². The van der Waals surface area contributed by atoms with Gasteiger partial charge in [0.1, 0.15) is 4.88 Å². The highest BCUT2D eigenvalue weighted by molar-refractivity contribution is 7.21. The van der Waals surface area contributed by atoms with Crippen molar-refractivity contribution in [3.05, 3.63) is 69.6 Å². The Morgan fingerprint density at radius 1 is 1.19 bits per heavy atom. The van der Waals surface area contributed by atoms with E-state index in [0.29, 0.717) is 24.4 Å². The zero-order chi connectivity index (χ0) is 22.2. The van der Waals surface area contributed by atoms with Gasteiger partial charge in [0.05, 0.1) is 16.6 Å². The van der Waals surface area contributed by atoms with Gasteiger partial charge in [-0.05, 0) is 30.2 Å². The molecule has 1 aliphatic heterocycles. The molecule has 0 radical (unpaired) electrons. The number of carbonyl (C=O) groups excluding carboxylic acids is 2. The first-order valence-electron chi connectivity index (χ1n) is 9.67. The summed E-state index contributed by atoms with van der Waals surface area (Å²) in [5, 5.41) is 3.85. The SMILES string of the molecule is O=C(NC(CN1CCCC1=O)c1cccc(C(F)(F)F)c1)c1sc2ccccc2c1Cl. The van der Waals surface area contributed by atoms with Crippen LogP contribution in [0.3, 0.4) is 0 Å². The molecule has 0 aliphatic carbocycles. The minimum absolute atomic E-state index is 0.0777. The summed E-state index contributed by atoms with van der Waals surface area (Å²) in [6.45, 7) is 0.599. The van der Waals surface area contributed by atoms with E-state index in [0.717, 1.165) is 22.2 Å². The Bertz CT molecular complexity index is 1150. The van der Waals surface area contributed by atoms with E-state index >= 15 is 0 Å². The number of rotatable bonds is 5. The average molecular weight is 467 g/mol. The molecule has 1 N–H and O–H groups in total. The smallest absolute Gasteiger partial charge is 0.343 e. The van der Waals surface area contributed by atoms with Crippen LogP contribution in [-0.4, -0.2) is 29.8 Å². The molecule has 4 nitrogen and oxygen atoms in total. The maximum Gasteiger partial charge on any atom is 0.416 e. The molecule has 2 amide bonds. The van der Waals surface area contributed by atoms with Gasteiger partial charge in [0.25, 0.3) is 5.91 Å². The number of fused-ring (bicyclic) bond motifs is 1. The molecule has 0 spiro atoms. The summed E-state index contributed by atoms with van der Waals surface area (Å²) in [6.07, 6.45) is -3.43. The number of thiophene rings is 1. The number of hydrogen-bond donors (Lipinski definition) is 1. The highest BCUT2D eigenvalue weighted by Crippen LogP contribution is 2.36. The quantitative estimate of drug-likeness (QED) is 0.527. The largest absolute Gasteiger partial charge is 0.416 e. The molecule has 1 saturated heterocycles. The van der Waals surface area contributed by atoms with Gasteiger partial charge in [-0.25, -0.2) is 0 Å². The summed E-state index contributed by atoms with van der Waals surface area (Å²) < 4.78 is 40.5. The standard InChI is InChI=1S/C22H18ClF3N2O2S/c23-19-15-7-1-2-8-17(15)31-20(19)21(30)27-16(12-28-10-4-9-18(28)29)13-5-3-6-14(11-13)22(24,25)26/h1-3,5-8,11,16H,4,9-10,12H2,(H,27,30). The Morgan fingerprint density at radius 2 is 1.97 bits per heavy atom. The Balaban J connectivity index is 1.66. The summed E-state index contributed by atoms with van der Waals surface area (Å²) in [4.78, 5) is 27.0. The third-order valence-electron chi connectivity index (χ3n) is 5.24. The number of carbonyl (C=O) groups is 2. The number of likely N-dealkylation sites (tertiary alicyclic amines) is 1. The van der Waals surface area contributed by atoms with Crippen LogP contribution in [0.2, 0.25) is 5.02 Å². The minimum atomic E-state index is -4.51. The zero-order valence-corrected chi connectivity index (χ0v) is 17.8. The van der Waals surface area contributed by atoms with Gasteiger partial charge in [-0.1, -0.05) is 41.9 Å². The summed E-state index contributed by atoms with van der Waals surface area (Å²) in [5.41, 5.74) is -0.531. The third-order valence-corrected chi connectivity index (χ3v) is 6.91. The first-order valence-corrected chi connectivity index (χ1v) is 10.9. The molecule has 9 heteroatoms. The van der Waals surface area contributed by atoms with Crippen LogP contribution in [0.1, 0.15) is 39.7 Å². The monoisotopic (exact) mass is 466 g/mol. The number of halogens is 4. The second-order valence-electron chi connectivity index (χ2n) is 7.33. The highest BCUT2D eigenvalue weighted by atomic mass is 35.5. The molecule has 1 aromatic heterocycles. The van der Waals surface area contributed by atoms with Crippen LogP contribution < -0.4 is 5.32 Å². The Kier molecular flexibility index (Phi) is 5.94. The second kappa shape index (κ2) is 8.51. The van der Waals surface area contributed by atoms with Crippen molar-refractivity contribution in [2.75, 3.05) is 13.1 Å². The zero-order valence-electron chi connectivity index (χ0n) is 16.2. The van der Waals surface area contributed by atoms with Gasteiger partial charge in [0.2, 0.25) is 5.91 Å². The van der Waals surface area contributed by atoms with Crippen molar-refractivity contribution in [2.24, 2.45) is 0 Å². The second-order valence-corrected chi connectivity index (χ2v) is 8.76. The summed E-state index contributed by atoms with van der Waals surface area (Å²) in [5.74, 6) is -0.564. The van der Waals surface area contributed by atoms with Crippen molar-refractivity contribution >= 4 is 44.8 Å². The molecule has 2 heterocycles. The van der Waals surface area contributed by atoms with Crippen molar-refractivity contribution in [3.8, 4) is 0 Å². The van der Waals surface area contributed by atoms with Crippen molar-refractivity contribution in [1.82, 2.24) is 10.2 Å². The van der Waals surface area contributed by atoms with Crippen LogP contribution in [0.15, 0.2) is 48.5 Å². The van der Waals surface area contributed by atoms with E-state index < -0.39 is 23.7 Å². The molecule has 31 heavy (non-hydrogen) atoms. The molecule has 1 atom stereocenters. The van der Waals surface area contributed by atoms with Crippen molar-refractivity contribution in [2.45, 2.75) is 25.1 Å². The number of alkyl halides is 3. The molecule has 0 saturated carbocycles. The summed E-state index contributed by atoms with van der Waals surface area (Å²) in [7, 11) is 0. The molecule has 162 valence electrons. The first kappa shape index (κ1) is 21.6. The molecule has 2 aromatic carbocycles. The fourth-order valence-corrected chi connectivity index (χ4v) is 5.09. The lowest BCUT2D eigenvalue weighted by Crippen LogP contribution is -2.38. The van der Waals surface area contributed by atoms with Crippen molar-refractivity contribution in [1.29, 1.82) is 0 Å². The van der Waals surface area contributed by atoms with Gasteiger partial charge in [0, 0.05) is 29.6 Å². The number of amides is 2. The van der Waals surface area contributed by atoms with Crippen molar-refractivity contribution in [3.63, 3.8) is 0 Å². The molecule has 3 aromatic rings. The Labute approximate surface area is 185 Å². The fourth-order valence-electron chi connectivity index (χ4n) is 3.67. The van der Waals surface area contributed by atoms with E-state index in [1.54, 1.807) is 11.0 Å². The topological polar surface area (TPSA) is 49.4 Å². The maximum absolute atomic E-state index is 13.2. The number of benzene rings is 2. The van der Waals surface area contributed by atoms with Gasteiger partial charge in [-0.2, -0.15) is 13.2 Å². The van der Waals surface area contributed by atoms with E-state index in [1.807, 2.05) is 18.2 Å². The summed E-state index contributed by atoms with van der Waals surface area (Å²) in [6, 6.07) is 11.3. The molecular weight excluding hydrogens is 449 g/mol. The van der Waals surface area contributed by atoms with Crippen molar-refractivity contribution < 1.29 is 22.8 Å². The molecule has 1 aliphatic rings. The van der Waals surface area contributed by atoms with Gasteiger partial charge >= 0.3 is 6.18 Å². The lowest BCUT2D eigenvalue weighted by molar-refractivity contribution is -0.137.